The number of nitrogens with one attached hydrogen (secondary N) is 1. The van der Waals surface area contributed by atoms with E-state index in [2.05, 4.69) is 10.3 Å². The maximum atomic E-state index is 12.4. The van der Waals surface area contributed by atoms with Crippen LogP contribution in [0.3, 0.4) is 0 Å². The number of hydrogen-bond donors (Lipinski definition) is 1. The van der Waals surface area contributed by atoms with Crippen LogP contribution in [0.5, 0.6) is 11.5 Å². The Hall–Kier alpha value is -3.62. The van der Waals surface area contributed by atoms with Crippen LogP contribution in [0.2, 0.25) is 0 Å². The second-order valence-electron chi connectivity index (χ2n) is 6.06. The van der Waals surface area contributed by atoms with E-state index in [1.165, 1.54) is 30.9 Å². The van der Waals surface area contributed by atoms with Crippen LogP contribution in [-0.4, -0.2) is 40.3 Å². The highest BCUT2D eigenvalue weighted by Crippen LogP contribution is 2.25. The maximum absolute atomic E-state index is 12.4. The Labute approximate surface area is 160 Å². The molecule has 9 heteroatoms. The van der Waals surface area contributed by atoms with Crippen LogP contribution in [0, 0.1) is 0 Å². The molecule has 146 valence electrons. The second-order valence-corrected chi connectivity index (χ2v) is 6.06. The van der Waals surface area contributed by atoms with E-state index >= 15 is 0 Å². The summed E-state index contributed by atoms with van der Waals surface area (Å²) >= 11 is 0. The first-order chi connectivity index (χ1) is 13.4. The van der Waals surface area contributed by atoms with E-state index in [1.807, 2.05) is 12.1 Å². The van der Waals surface area contributed by atoms with Crippen molar-refractivity contribution in [2.45, 2.75) is 0 Å². The zero-order chi connectivity index (χ0) is 20.3. The third kappa shape index (κ3) is 3.59. The zero-order valence-corrected chi connectivity index (χ0v) is 15.8. The summed E-state index contributed by atoms with van der Waals surface area (Å²) in [7, 11) is 4.45. The molecular weight excluding hydrogens is 364 g/mol. The predicted molar refractivity (Wildman–Crippen MR) is 103 cm³/mol. The van der Waals surface area contributed by atoms with Crippen molar-refractivity contribution in [1.82, 2.24) is 19.4 Å². The molecule has 0 aliphatic heterocycles. The van der Waals surface area contributed by atoms with Gasteiger partial charge in [-0.25, -0.2) is 9.78 Å². The summed E-state index contributed by atoms with van der Waals surface area (Å²) in [5, 5.41) is 2.91. The molecule has 3 rings (SSSR count). The number of aromatic nitrogens is 3. The molecular formula is C19H20N4O5. The van der Waals surface area contributed by atoms with Gasteiger partial charge in [0.1, 0.15) is 12.3 Å². The Bertz CT molecular complexity index is 1150. The number of para-hydroxylation sites is 2. The van der Waals surface area contributed by atoms with E-state index in [0.717, 1.165) is 4.57 Å². The van der Waals surface area contributed by atoms with Crippen LogP contribution in [-0.2, 0) is 14.1 Å². The molecule has 0 aliphatic rings. The van der Waals surface area contributed by atoms with Crippen molar-refractivity contribution < 1.29 is 14.3 Å². The quantitative estimate of drug-likeness (QED) is 0.619. The minimum absolute atomic E-state index is 0.197. The average molecular weight is 384 g/mol. The molecule has 2 heterocycles. The number of hydrogen-bond acceptors (Lipinski definition) is 6. The van der Waals surface area contributed by atoms with E-state index in [-0.39, 0.29) is 29.7 Å². The molecule has 2 aromatic heterocycles. The first-order valence-electron chi connectivity index (χ1n) is 8.54. The summed E-state index contributed by atoms with van der Waals surface area (Å²) in [6.07, 6.45) is 1.33. The molecule has 1 N–H and O–H groups in total. The van der Waals surface area contributed by atoms with Gasteiger partial charge in [0, 0.05) is 20.3 Å². The smallest absolute Gasteiger partial charge is 0.332 e. The van der Waals surface area contributed by atoms with Crippen LogP contribution >= 0.6 is 0 Å². The van der Waals surface area contributed by atoms with Crippen molar-refractivity contribution in [3.8, 4) is 11.5 Å². The number of rotatable bonds is 6. The Morgan fingerprint density at radius 2 is 1.86 bits per heavy atom. The molecule has 0 unspecified atom stereocenters. The van der Waals surface area contributed by atoms with Gasteiger partial charge in [-0.1, -0.05) is 12.1 Å². The predicted octanol–water partition coefficient (Wildman–Crippen LogP) is 0.450. The van der Waals surface area contributed by atoms with Gasteiger partial charge in [-0.15, -0.1) is 0 Å². The lowest BCUT2D eigenvalue weighted by Crippen LogP contribution is -2.37. The first kappa shape index (κ1) is 19.2. The summed E-state index contributed by atoms with van der Waals surface area (Å²) in [4.78, 5) is 40.7. The number of carbonyl (C=O) groups excluding carboxylic acids is 1. The summed E-state index contributed by atoms with van der Waals surface area (Å²) in [6, 6.07) is 8.64. The molecule has 0 spiro atoms. The van der Waals surface area contributed by atoms with Crippen LogP contribution in [0.4, 0.5) is 0 Å². The third-order valence-corrected chi connectivity index (χ3v) is 4.27. The van der Waals surface area contributed by atoms with E-state index in [0.29, 0.717) is 11.5 Å². The van der Waals surface area contributed by atoms with E-state index < -0.39 is 17.2 Å². The molecule has 28 heavy (non-hydrogen) atoms. The molecule has 0 radical (unpaired) electrons. The van der Waals surface area contributed by atoms with Gasteiger partial charge in [0.05, 0.1) is 24.6 Å². The Morgan fingerprint density at radius 3 is 2.57 bits per heavy atom. The van der Waals surface area contributed by atoms with Crippen LogP contribution < -0.4 is 26.0 Å². The van der Waals surface area contributed by atoms with E-state index in [1.54, 1.807) is 19.2 Å². The van der Waals surface area contributed by atoms with E-state index in [4.69, 9.17) is 9.47 Å². The number of amides is 1. The summed E-state index contributed by atoms with van der Waals surface area (Å²) in [5.41, 5.74) is -0.528. The summed E-state index contributed by atoms with van der Waals surface area (Å²) in [5.74, 6) is 0.791. The van der Waals surface area contributed by atoms with Crippen molar-refractivity contribution in [3.05, 3.63) is 62.9 Å². The van der Waals surface area contributed by atoms with Crippen LogP contribution in [0.1, 0.15) is 10.4 Å². The molecule has 0 saturated carbocycles. The highest BCUT2D eigenvalue weighted by molar-refractivity contribution is 5.96. The van der Waals surface area contributed by atoms with Gasteiger partial charge < -0.3 is 14.8 Å². The summed E-state index contributed by atoms with van der Waals surface area (Å²) < 4.78 is 13.0. The highest BCUT2D eigenvalue weighted by atomic mass is 16.5. The van der Waals surface area contributed by atoms with Crippen molar-refractivity contribution in [2.75, 3.05) is 20.3 Å². The zero-order valence-electron chi connectivity index (χ0n) is 15.8. The minimum Gasteiger partial charge on any atom is -0.493 e. The van der Waals surface area contributed by atoms with Crippen LogP contribution in [0.15, 0.2) is 46.1 Å². The van der Waals surface area contributed by atoms with Gasteiger partial charge in [-0.3, -0.25) is 18.7 Å². The summed E-state index contributed by atoms with van der Waals surface area (Å²) in [6.45, 7) is 0.490. The lowest BCUT2D eigenvalue weighted by molar-refractivity contribution is 0.0946. The van der Waals surface area contributed by atoms with Crippen molar-refractivity contribution >= 4 is 16.9 Å². The topological polar surface area (TPSA) is 104 Å². The number of pyridine rings is 1. The van der Waals surface area contributed by atoms with Gasteiger partial charge in [0.25, 0.3) is 11.5 Å². The highest BCUT2D eigenvalue weighted by Gasteiger charge is 2.13. The first-order valence-corrected chi connectivity index (χ1v) is 8.54. The molecule has 0 fully saturated rings. The number of benzene rings is 1. The van der Waals surface area contributed by atoms with Crippen molar-refractivity contribution in [3.63, 3.8) is 0 Å². The fourth-order valence-electron chi connectivity index (χ4n) is 2.76. The molecule has 0 atom stereocenters. The van der Waals surface area contributed by atoms with Gasteiger partial charge in [0.15, 0.2) is 11.5 Å². The molecule has 9 nitrogen and oxygen atoms in total. The maximum Gasteiger partial charge on any atom is 0.332 e. The fraction of sp³-hybridized carbons (Fsp3) is 0.263. The molecule has 0 saturated heterocycles. The second kappa shape index (κ2) is 7.95. The van der Waals surface area contributed by atoms with Gasteiger partial charge in [-0.05, 0) is 18.2 Å². The average Bonchev–Trinajstić information content (AvgIpc) is 2.73. The molecule has 0 aliphatic carbocycles. The molecule has 1 aromatic carbocycles. The number of nitrogens with zero attached hydrogens (tertiary/aromatic N) is 3. The fourth-order valence-corrected chi connectivity index (χ4v) is 2.76. The Kier molecular flexibility index (Phi) is 5.44. The molecule has 0 bridgehead atoms. The van der Waals surface area contributed by atoms with Gasteiger partial charge in [-0.2, -0.15) is 0 Å². The number of ether oxygens (including phenoxy) is 2. The normalized spacial score (nSPS) is 10.7. The largest absolute Gasteiger partial charge is 0.493 e. The number of carbonyl (C=O) groups is 1. The monoisotopic (exact) mass is 384 g/mol. The molecule has 1 amide bonds. The third-order valence-electron chi connectivity index (χ3n) is 4.27. The minimum atomic E-state index is -0.500. The lowest BCUT2D eigenvalue weighted by Gasteiger charge is -2.11. The van der Waals surface area contributed by atoms with Crippen molar-refractivity contribution in [1.29, 1.82) is 0 Å². The van der Waals surface area contributed by atoms with E-state index in [9.17, 15) is 14.4 Å². The number of fused-ring (bicyclic) bond motifs is 1. The number of aryl methyl sites for hydroxylation is 1. The van der Waals surface area contributed by atoms with Crippen LogP contribution in [0.25, 0.3) is 11.0 Å². The number of methoxy groups -OCH3 is 1. The van der Waals surface area contributed by atoms with Gasteiger partial charge >= 0.3 is 5.69 Å². The standard InChI is InChI=1S/C19H20N4O5/c1-22-16-13(18(25)23(2)19(22)26)10-12(11-21-16)17(24)20-8-9-28-15-7-5-4-6-14(15)27-3/h4-7,10-11H,8-9H2,1-3H3,(H,20,24). The molecule has 3 aromatic rings. The Balaban J connectivity index is 1.70. The lowest BCUT2D eigenvalue weighted by atomic mass is 10.2. The SMILES string of the molecule is COc1ccccc1OCCNC(=O)c1cnc2c(c1)c(=O)n(C)c(=O)n2C. The van der Waals surface area contributed by atoms with Crippen molar-refractivity contribution in [2.24, 2.45) is 14.1 Å². The van der Waals surface area contributed by atoms with Gasteiger partial charge in [0.2, 0.25) is 0 Å². The Morgan fingerprint density at radius 1 is 1.14 bits per heavy atom.